The van der Waals surface area contributed by atoms with Gasteiger partial charge < -0.3 is 14.2 Å². The summed E-state index contributed by atoms with van der Waals surface area (Å²) in [5.41, 5.74) is 4.26. The molecule has 0 amide bonds. The molecule has 13 rings (SSSR count). The first-order valence-electron chi connectivity index (χ1n) is 32.3. The molecule has 0 spiro atoms. The maximum atomic E-state index is 13.3. The first-order chi connectivity index (χ1) is 51.7. The highest BCUT2D eigenvalue weighted by Gasteiger charge is 2.28. The van der Waals surface area contributed by atoms with Crippen LogP contribution < -0.4 is 30.9 Å². The van der Waals surface area contributed by atoms with Crippen molar-refractivity contribution < 1.29 is 39.5 Å². The van der Waals surface area contributed by atoms with Crippen molar-refractivity contribution in [2.45, 2.75) is 56.2 Å². The summed E-state index contributed by atoms with van der Waals surface area (Å²) in [7, 11) is -12.6. The number of benzene rings is 7. The molecule has 0 radical (unpaired) electrons. The summed E-state index contributed by atoms with van der Waals surface area (Å²) in [5.74, 6) is 1.12. The lowest BCUT2D eigenvalue weighted by molar-refractivity contribution is 0.456. The minimum Gasteiger partial charge on any atom is -0.438 e. The number of nitriles is 3. The summed E-state index contributed by atoms with van der Waals surface area (Å²) in [6.45, 7) is 11.4. The Hall–Kier alpha value is -12.0. The fourth-order valence-electron chi connectivity index (χ4n) is 10.2. The summed E-state index contributed by atoms with van der Waals surface area (Å²) in [5, 5.41) is 29.2. The van der Waals surface area contributed by atoms with Gasteiger partial charge in [0.2, 0.25) is 47.2 Å². The van der Waals surface area contributed by atoms with Crippen molar-refractivity contribution in [3.05, 3.63) is 346 Å². The zero-order valence-corrected chi connectivity index (χ0v) is 65.2. The number of halogens is 3. The third-order valence-corrected chi connectivity index (χ3v) is 23.2. The SMILES string of the molecule is Cc1cccc(Oc2nc3ccccn3c(=O)c2/C=C(\C#N)S(=O)(=O)c2ccc(Br)cc2)c1C.Cc1cccc(Oc2nc3ccccn3c(=O)c2/C=C(\C#N)S(=O)(=O)c2ccc(Br)cc2)c1C.Cc1cccc(Oc2nc3ccccn3c(=O)c2/C=C(\C#N)S(=O)(=O)c2ccc(Br)cc2)c1C.c1ccccc1. The molecular weight excluding hydrogens is 1630 g/mol. The number of aromatic nitrogens is 6. The molecule has 0 atom stereocenters. The van der Waals surface area contributed by atoms with Crippen LogP contribution in [0.4, 0.5) is 0 Å². The summed E-state index contributed by atoms with van der Waals surface area (Å²) in [6, 6.07) is 66.2. The highest BCUT2D eigenvalue weighted by molar-refractivity contribution is 9.11. The monoisotopic (exact) mass is 1680 g/mol. The van der Waals surface area contributed by atoms with Crippen LogP contribution in [0, 0.1) is 75.5 Å². The van der Waals surface area contributed by atoms with E-state index in [2.05, 4.69) is 62.7 Å². The number of pyridine rings is 3. The van der Waals surface area contributed by atoms with E-state index < -0.39 is 60.9 Å². The van der Waals surface area contributed by atoms with Crippen molar-refractivity contribution in [2.24, 2.45) is 0 Å². The van der Waals surface area contributed by atoms with Crippen LogP contribution in [-0.4, -0.2) is 53.4 Å². The molecule has 0 saturated carbocycles. The second kappa shape index (κ2) is 34.5. The number of hydrogen-bond donors (Lipinski definition) is 0. The molecule has 0 saturated heterocycles. The smallest absolute Gasteiger partial charge is 0.269 e. The molecule has 0 fully saturated rings. The van der Waals surface area contributed by atoms with Gasteiger partial charge in [0.15, 0.2) is 0 Å². The first kappa shape index (κ1) is 78.6. The molecule has 108 heavy (non-hydrogen) atoms. The van der Waals surface area contributed by atoms with E-state index in [4.69, 9.17) is 14.2 Å². The Morgan fingerprint density at radius 2 is 0.583 bits per heavy atom. The highest BCUT2D eigenvalue weighted by Crippen LogP contribution is 2.35. The zero-order valence-electron chi connectivity index (χ0n) is 58.0. The number of nitrogens with zero attached hydrogens (tertiary/aromatic N) is 9. The Morgan fingerprint density at radius 1 is 0.343 bits per heavy atom. The number of sulfone groups is 3. The molecule has 21 nitrogen and oxygen atoms in total. The predicted molar refractivity (Wildman–Crippen MR) is 424 cm³/mol. The van der Waals surface area contributed by atoms with Gasteiger partial charge in [0.25, 0.3) is 16.7 Å². The van der Waals surface area contributed by atoms with Crippen molar-refractivity contribution in [3.8, 4) is 53.1 Å². The van der Waals surface area contributed by atoms with Crippen molar-refractivity contribution in [1.82, 2.24) is 28.2 Å². The van der Waals surface area contributed by atoms with Crippen LogP contribution in [0.1, 0.15) is 50.1 Å². The molecule has 6 aromatic heterocycles. The average molecular weight is 1690 g/mol. The Labute approximate surface area is 646 Å². The van der Waals surface area contributed by atoms with E-state index in [1.807, 2.05) is 96.1 Å². The average Bonchev–Trinajstić information content (AvgIpc) is 0.780. The molecule has 540 valence electrons. The van der Waals surface area contributed by atoms with E-state index in [1.165, 1.54) is 68.2 Å². The quantitative estimate of drug-likeness (QED) is 0.0861. The van der Waals surface area contributed by atoms with E-state index in [0.717, 1.165) is 51.6 Å². The third-order valence-electron chi connectivity index (χ3n) is 16.6. The second-order valence-electron chi connectivity index (χ2n) is 23.5. The lowest BCUT2D eigenvalue weighted by Gasteiger charge is -2.13. The van der Waals surface area contributed by atoms with Crippen LogP contribution in [-0.2, 0) is 29.5 Å². The Bertz CT molecular complexity index is 5810. The number of fused-ring (bicyclic) bond motifs is 3. The summed E-state index contributed by atoms with van der Waals surface area (Å²) in [4.78, 5) is 51.3. The Balaban J connectivity index is 0.000000166. The maximum absolute atomic E-state index is 13.3. The fourth-order valence-corrected chi connectivity index (χ4v) is 14.4. The molecule has 7 aromatic carbocycles. The van der Waals surface area contributed by atoms with Gasteiger partial charge in [-0.1, -0.05) is 139 Å². The molecule has 27 heteroatoms. The Morgan fingerprint density at radius 3 is 0.815 bits per heavy atom. The maximum Gasteiger partial charge on any atom is 0.269 e. The van der Waals surface area contributed by atoms with Gasteiger partial charge >= 0.3 is 0 Å². The molecule has 0 aliphatic carbocycles. The van der Waals surface area contributed by atoms with Crippen LogP contribution in [0.5, 0.6) is 34.9 Å². The Kier molecular flexibility index (Phi) is 25.1. The normalized spacial score (nSPS) is 11.7. The summed E-state index contributed by atoms with van der Waals surface area (Å²) >= 11 is 9.78. The van der Waals surface area contributed by atoms with E-state index in [9.17, 15) is 55.4 Å². The molecule has 13 aromatic rings. The van der Waals surface area contributed by atoms with E-state index in [1.54, 1.807) is 146 Å². The van der Waals surface area contributed by atoms with Gasteiger partial charge in [0.1, 0.15) is 83.8 Å². The molecule has 0 aliphatic heterocycles. The largest absolute Gasteiger partial charge is 0.438 e. The second-order valence-corrected chi connectivity index (χ2v) is 32.0. The third kappa shape index (κ3) is 17.9. The van der Waals surface area contributed by atoms with Crippen LogP contribution in [0.2, 0.25) is 0 Å². The first-order valence-corrected chi connectivity index (χ1v) is 39.1. The zero-order chi connectivity index (χ0) is 77.6. The molecular formula is C81H60Br3N9O12S3. The van der Waals surface area contributed by atoms with Crippen LogP contribution >= 0.6 is 47.8 Å². The van der Waals surface area contributed by atoms with E-state index in [0.29, 0.717) is 47.6 Å². The van der Waals surface area contributed by atoms with Gasteiger partial charge in [-0.05, 0) is 221 Å². The van der Waals surface area contributed by atoms with Gasteiger partial charge in [-0.3, -0.25) is 27.6 Å². The molecule has 6 heterocycles. The highest BCUT2D eigenvalue weighted by atomic mass is 79.9. The van der Waals surface area contributed by atoms with Gasteiger partial charge in [0, 0.05) is 32.0 Å². The lowest BCUT2D eigenvalue weighted by atomic mass is 10.1. The van der Waals surface area contributed by atoms with Crippen molar-refractivity contribution in [2.75, 3.05) is 0 Å². The topological polar surface area (TPSA) is 305 Å². The number of aryl methyl sites for hydroxylation is 3. The molecule has 0 N–H and O–H groups in total. The standard InChI is InChI=1S/3C25H18BrN3O4S.C6H6/c3*1-16-6-5-7-22(17(16)2)33-24-21(25(30)29-13-4-3-8-23(29)28-24)14-20(15-27)34(31,32)19-11-9-18(26)10-12-19;1-2-4-6-5-3-1/h3*3-14H,1-2H3;1-6H/b3*20-14+;. The molecule has 0 aliphatic rings. The van der Waals surface area contributed by atoms with Gasteiger partial charge in [-0.25, -0.2) is 25.3 Å². The lowest BCUT2D eigenvalue weighted by Crippen LogP contribution is -2.19. The van der Waals surface area contributed by atoms with E-state index >= 15 is 0 Å². The van der Waals surface area contributed by atoms with Crippen LogP contribution in [0.3, 0.4) is 0 Å². The van der Waals surface area contributed by atoms with Gasteiger partial charge in [-0.15, -0.1) is 0 Å². The van der Waals surface area contributed by atoms with Crippen molar-refractivity contribution in [3.63, 3.8) is 0 Å². The number of rotatable bonds is 15. The summed E-state index contributed by atoms with van der Waals surface area (Å²) in [6.07, 6.45) is 7.60. The van der Waals surface area contributed by atoms with Gasteiger partial charge in [0.05, 0.1) is 14.7 Å². The number of ether oxygens (including phenoxy) is 3. The minimum absolute atomic E-state index is 0.0747. The predicted octanol–water partition coefficient (Wildman–Crippen LogP) is 17.3. The number of hydrogen-bond acceptors (Lipinski definition) is 18. The fraction of sp³-hybridized carbons (Fsp3) is 0.0741. The van der Waals surface area contributed by atoms with Gasteiger partial charge in [-0.2, -0.15) is 30.7 Å². The number of allylic oxidation sites excluding steroid dienone is 3. The van der Waals surface area contributed by atoms with E-state index in [-0.39, 0.29) is 49.0 Å². The molecule has 0 unspecified atom stereocenters. The van der Waals surface area contributed by atoms with Crippen LogP contribution in [0.15, 0.2) is 294 Å². The van der Waals surface area contributed by atoms with Crippen molar-refractivity contribution in [1.29, 1.82) is 15.8 Å². The summed E-state index contributed by atoms with van der Waals surface area (Å²) < 4.78 is 103. The molecule has 0 bridgehead atoms. The van der Waals surface area contributed by atoms with Crippen LogP contribution in [0.25, 0.3) is 35.2 Å². The minimum atomic E-state index is -4.19. The van der Waals surface area contributed by atoms with Crippen molar-refractivity contribution >= 4 is 112 Å².